The van der Waals surface area contributed by atoms with Crippen molar-refractivity contribution in [2.24, 2.45) is 0 Å². The Balaban J connectivity index is 1.42. The predicted octanol–water partition coefficient (Wildman–Crippen LogP) is 7.66. The van der Waals surface area contributed by atoms with E-state index in [-0.39, 0.29) is 23.2 Å². The molecule has 0 aliphatic carbocycles. The van der Waals surface area contributed by atoms with E-state index in [1.54, 1.807) is 55.0 Å². The Kier molecular flexibility index (Phi) is 12.0. The summed E-state index contributed by atoms with van der Waals surface area (Å²) >= 11 is 0. The molecule has 10 heteroatoms. The molecule has 2 heterocycles. The second kappa shape index (κ2) is 16.7. The first-order chi connectivity index (χ1) is 23.8. The molecule has 0 radical (unpaired) electrons. The highest BCUT2D eigenvalue weighted by molar-refractivity contribution is 6.07. The van der Waals surface area contributed by atoms with Crippen LogP contribution in [-0.2, 0) is 6.54 Å². The van der Waals surface area contributed by atoms with Crippen molar-refractivity contribution in [2.75, 3.05) is 31.8 Å². The molecule has 0 spiro atoms. The van der Waals surface area contributed by atoms with Gasteiger partial charge in [0, 0.05) is 72.7 Å². The average Bonchev–Trinajstić information content (AvgIpc) is 3.10. The van der Waals surface area contributed by atoms with Gasteiger partial charge in [0.05, 0.1) is 31.5 Å². The third-order valence-electron chi connectivity index (χ3n) is 8.22. The average molecular weight is 671 g/mol. The van der Waals surface area contributed by atoms with Gasteiger partial charge in [0.25, 0.3) is 5.91 Å². The number of methoxy groups -OCH3 is 1. The highest BCUT2D eigenvalue weighted by Crippen LogP contribution is 2.30. The van der Waals surface area contributed by atoms with Gasteiger partial charge in [0.2, 0.25) is 5.43 Å². The summed E-state index contributed by atoms with van der Waals surface area (Å²) in [7, 11) is 1.54. The molecule has 0 fully saturated rings. The number of anilines is 1. The molecular weight excluding hydrogens is 628 g/mol. The fraction of sp³-hybridized carbons (Fsp3) is 0.308. The molecule has 0 aliphatic rings. The lowest BCUT2D eigenvalue weighted by molar-refractivity contribution is -0.697. The van der Waals surface area contributed by atoms with Gasteiger partial charge in [0.15, 0.2) is 12.4 Å². The van der Waals surface area contributed by atoms with E-state index in [0.717, 1.165) is 56.8 Å². The molecule has 256 valence electrons. The van der Waals surface area contributed by atoms with Crippen LogP contribution in [0.25, 0.3) is 16.6 Å². The number of benzene rings is 3. The summed E-state index contributed by atoms with van der Waals surface area (Å²) in [5.74, 6) is -0.710. The number of carbonyl (C=O) groups excluding carboxylic acids is 1. The van der Waals surface area contributed by atoms with Gasteiger partial charge in [-0.25, -0.2) is 13.3 Å². The molecule has 0 unspecified atom stereocenters. The van der Waals surface area contributed by atoms with E-state index in [1.165, 1.54) is 11.1 Å². The highest BCUT2D eigenvalue weighted by atomic mass is 19.1. The normalized spacial score (nSPS) is 11.0. The molecule has 0 N–H and O–H groups in total. The molecule has 5 aromatic rings. The molecule has 0 atom stereocenters. The summed E-state index contributed by atoms with van der Waals surface area (Å²) in [5, 5.41) is 0.275. The number of aromatic nitrogens is 2. The van der Waals surface area contributed by atoms with Crippen LogP contribution in [0.4, 0.5) is 14.5 Å². The maximum atomic E-state index is 14.1. The van der Waals surface area contributed by atoms with Crippen molar-refractivity contribution in [2.45, 2.75) is 52.5 Å². The van der Waals surface area contributed by atoms with Gasteiger partial charge < -0.3 is 23.7 Å². The first kappa shape index (κ1) is 35.1. The van der Waals surface area contributed by atoms with Gasteiger partial charge in [-0.05, 0) is 51.0 Å². The fourth-order valence-electron chi connectivity index (χ4n) is 5.81. The number of amides is 1. The Hall–Kier alpha value is -5.25. The van der Waals surface area contributed by atoms with Crippen LogP contribution in [0.5, 0.6) is 17.2 Å². The fourth-order valence-corrected chi connectivity index (χ4v) is 5.81. The van der Waals surface area contributed by atoms with Crippen molar-refractivity contribution in [3.8, 4) is 22.9 Å². The second-order valence-electron chi connectivity index (χ2n) is 11.6. The first-order valence-corrected chi connectivity index (χ1v) is 16.7. The topological polar surface area (TPSA) is 73.9 Å². The van der Waals surface area contributed by atoms with Crippen LogP contribution in [-0.4, -0.2) is 37.3 Å². The van der Waals surface area contributed by atoms with Gasteiger partial charge in [-0.2, -0.15) is 0 Å². The third-order valence-corrected chi connectivity index (χ3v) is 8.22. The van der Waals surface area contributed by atoms with Crippen molar-refractivity contribution in [3.63, 3.8) is 0 Å². The number of hydrogen-bond donors (Lipinski definition) is 0. The van der Waals surface area contributed by atoms with Gasteiger partial charge in [-0.1, -0.05) is 18.9 Å². The predicted molar refractivity (Wildman–Crippen MR) is 186 cm³/mol. The number of ether oxygens (including phenoxy) is 3. The molecule has 0 bridgehead atoms. The number of rotatable bonds is 16. The zero-order chi connectivity index (χ0) is 34.8. The van der Waals surface area contributed by atoms with Gasteiger partial charge >= 0.3 is 0 Å². The van der Waals surface area contributed by atoms with Crippen molar-refractivity contribution in [3.05, 3.63) is 119 Å². The van der Waals surface area contributed by atoms with Crippen LogP contribution in [0.1, 0.15) is 56.3 Å². The summed E-state index contributed by atoms with van der Waals surface area (Å²) in [6.07, 6.45) is 10.9. The monoisotopic (exact) mass is 670 g/mol. The van der Waals surface area contributed by atoms with Crippen LogP contribution in [0.3, 0.4) is 0 Å². The number of unbranched alkanes of at least 4 members (excludes halogenated alkanes) is 4. The van der Waals surface area contributed by atoms with Crippen LogP contribution in [0, 0.1) is 11.6 Å². The van der Waals surface area contributed by atoms with Crippen molar-refractivity contribution in [1.82, 2.24) is 4.57 Å². The summed E-state index contributed by atoms with van der Waals surface area (Å²) < 4.78 is 49.6. The van der Waals surface area contributed by atoms with E-state index >= 15 is 0 Å². The maximum Gasteiger partial charge on any atom is 0.263 e. The smallest absolute Gasteiger partial charge is 0.263 e. The minimum absolute atomic E-state index is 0.00916. The first-order valence-electron chi connectivity index (χ1n) is 16.7. The quantitative estimate of drug-likeness (QED) is 0.0797. The molecule has 0 saturated heterocycles. The minimum Gasteiger partial charge on any atom is -0.497 e. The van der Waals surface area contributed by atoms with Gasteiger partial charge in [0.1, 0.15) is 41.0 Å². The molecule has 0 saturated carbocycles. The lowest BCUT2D eigenvalue weighted by Crippen LogP contribution is -2.35. The standard InChI is InChI=1S/C39H42F2N3O5/c1-4-43(30-21-28(40)20-29(41)22-30)39(46)36-27-44(31-23-33(47-3)25-34(24-31)48-5-2)37-26-32(14-15-35(37)38(36)45)49-19-13-8-6-7-10-16-42-17-11-9-12-18-42/h9,11-12,14-15,17-18,20-27H,4-8,10,13,16,19H2,1-3H3/q+1. The summed E-state index contributed by atoms with van der Waals surface area (Å²) in [6, 6.07) is 19.4. The van der Waals surface area contributed by atoms with Crippen LogP contribution >= 0.6 is 0 Å². The minimum atomic E-state index is -0.827. The van der Waals surface area contributed by atoms with E-state index in [4.69, 9.17) is 14.2 Å². The van der Waals surface area contributed by atoms with Gasteiger partial charge in [-0.15, -0.1) is 0 Å². The number of nitrogens with zero attached hydrogens (tertiary/aromatic N) is 3. The van der Waals surface area contributed by atoms with Crippen LogP contribution < -0.4 is 29.1 Å². The SMILES string of the molecule is CCOc1cc(OC)cc(-n2cc(C(=O)N(CC)c3cc(F)cc(F)c3)c(=O)c3ccc(OCCCCCCC[n+]4ccccc4)cc32)c1. The Labute approximate surface area is 285 Å². The highest BCUT2D eigenvalue weighted by Gasteiger charge is 2.24. The molecule has 8 nitrogen and oxygen atoms in total. The lowest BCUT2D eigenvalue weighted by atomic mass is 10.1. The van der Waals surface area contributed by atoms with E-state index < -0.39 is 23.0 Å². The largest absolute Gasteiger partial charge is 0.497 e. The molecule has 0 aliphatic heterocycles. The van der Waals surface area contributed by atoms with E-state index in [9.17, 15) is 18.4 Å². The van der Waals surface area contributed by atoms with Crippen molar-refractivity contribution >= 4 is 22.5 Å². The van der Waals surface area contributed by atoms with Crippen molar-refractivity contribution in [1.29, 1.82) is 0 Å². The maximum absolute atomic E-state index is 14.1. The Morgan fingerprint density at radius 1 is 0.816 bits per heavy atom. The molecule has 1 amide bonds. The summed E-state index contributed by atoms with van der Waals surface area (Å²) in [6.45, 7) is 5.55. The molecule has 3 aromatic carbocycles. The van der Waals surface area contributed by atoms with E-state index in [2.05, 4.69) is 17.0 Å². The molecular formula is C39H42F2N3O5+. The van der Waals surface area contributed by atoms with Gasteiger partial charge in [-0.3, -0.25) is 9.59 Å². The lowest BCUT2D eigenvalue weighted by Gasteiger charge is -2.22. The third kappa shape index (κ3) is 8.81. The molecule has 49 heavy (non-hydrogen) atoms. The Morgan fingerprint density at radius 2 is 1.53 bits per heavy atom. The van der Waals surface area contributed by atoms with Crippen molar-refractivity contribution < 1.29 is 32.4 Å². The zero-order valence-corrected chi connectivity index (χ0v) is 28.2. The summed E-state index contributed by atoms with van der Waals surface area (Å²) in [4.78, 5) is 29.0. The van der Waals surface area contributed by atoms with Crippen LogP contribution in [0.2, 0.25) is 0 Å². The summed E-state index contributed by atoms with van der Waals surface area (Å²) in [5.41, 5.74) is 0.411. The molecule has 5 rings (SSSR count). The number of fused-ring (bicyclic) bond motifs is 1. The number of carbonyl (C=O) groups is 1. The Morgan fingerprint density at radius 3 is 2.24 bits per heavy atom. The molecule has 2 aromatic heterocycles. The van der Waals surface area contributed by atoms with E-state index in [0.29, 0.717) is 41.7 Å². The second-order valence-corrected chi connectivity index (χ2v) is 11.6. The number of aryl methyl sites for hydroxylation is 1. The van der Waals surface area contributed by atoms with E-state index in [1.807, 2.05) is 25.1 Å². The number of hydrogen-bond acceptors (Lipinski definition) is 5. The van der Waals surface area contributed by atoms with Crippen LogP contribution in [0.15, 0.2) is 96.2 Å². The number of pyridine rings is 2. The Bertz CT molecular complexity index is 1930. The number of halogens is 2. The zero-order valence-electron chi connectivity index (χ0n) is 28.2.